The Morgan fingerprint density at radius 1 is 1.00 bits per heavy atom. The van der Waals surface area contributed by atoms with Crippen LogP contribution in [0.5, 0.6) is 0 Å². The van der Waals surface area contributed by atoms with Gasteiger partial charge in [-0.15, -0.1) is 0 Å². The van der Waals surface area contributed by atoms with Crippen LogP contribution in [0.15, 0.2) is 65.1 Å². The topological polar surface area (TPSA) is 12.0 Å². The Morgan fingerprint density at radius 2 is 1.67 bits per heavy atom. The Bertz CT molecular complexity index is 502. The van der Waals surface area contributed by atoms with E-state index >= 15 is 0 Å². The predicted octanol–water partition coefficient (Wildman–Crippen LogP) is 4.96. The van der Waals surface area contributed by atoms with Crippen molar-refractivity contribution < 1.29 is 0 Å². The Hall–Kier alpha value is -1.54. The molecule has 0 saturated carbocycles. The van der Waals surface area contributed by atoms with Crippen LogP contribution in [0.4, 0.5) is 5.69 Å². The lowest BCUT2D eigenvalue weighted by Gasteiger charge is -2.11. The Balaban J connectivity index is 1.94. The van der Waals surface area contributed by atoms with Crippen LogP contribution in [-0.4, -0.2) is 6.04 Å². The maximum Gasteiger partial charge on any atom is 0.0419 e. The van der Waals surface area contributed by atoms with Crippen LogP contribution in [0.25, 0.3) is 6.08 Å². The fourth-order valence-corrected chi connectivity index (χ4v) is 1.94. The number of anilines is 1. The summed E-state index contributed by atoms with van der Waals surface area (Å²) in [7, 11) is 0. The third kappa shape index (κ3) is 4.04. The smallest absolute Gasteiger partial charge is 0.0419 e. The number of hydrogen-bond donors (Lipinski definition) is 1. The maximum absolute atomic E-state index is 3.43. The average Bonchev–Trinajstić information content (AvgIpc) is 2.40. The summed E-state index contributed by atoms with van der Waals surface area (Å²) in [4.78, 5) is 0. The average molecular weight is 302 g/mol. The van der Waals surface area contributed by atoms with Crippen molar-refractivity contribution in [3.8, 4) is 0 Å². The van der Waals surface area contributed by atoms with Crippen molar-refractivity contribution in [2.75, 3.05) is 5.32 Å². The number of halogens is 1. The van der Waals surface area contributed by atoms with Gasteiger partial charge in [0.05, 0.1) is 0 Å². The molecule has 2 aromatic carbocycles. The molecule has 0 saturated heterocycles. The van der Waals surface area contributed by atoms with Gasteiger partial charge in [-0.05, 0) is 36.8 Å². The maximum atomic E-state index is 3.43. The summed E-state index contributed by atoms with van der Waals surface area (Å²) in [5.41, 5.74) is 2.35. The molecule has 2 heteroatoms. The highest BCUT2D eigenvalue weighted by molar-refractivity contribution is 9.10. The van der Waals surface area contributed by atoms with E-state index in [1.165, 1.54) is 5.56 Å². The van der Waals surface area contributed by atoms with Gasteiger partial charge in [-0.2, -0.15) is 0 Å². The molecule has 0 spiro atoms. The largest absolute Gasteiger partial charge is 0.379 e. The molecule has 0 aliphatic rings. The first-order valence-electron chi connectivity index (χ1n) is 5.99. The molecule has 0 radical (unpaired) electrons. The van der Waals surface area contributed by atoms with Gasteiger partial charge in [-0.3, -0.25) is 0 Å². The van der Waals surface area contributed by atoms with Crippen LogP contribution in [0.1, 0.15) is 12.5 Å². The van der Waals surface area contributed by atoms with E-state index in [0.717, 1.165) is 10.2 Å². The van der Waals surface area contributed by atoms with Crippen molar-refractivity contribution >= 4 is 27.7 Å². The zero-order valence-corrected chi connectivity index (χ0v) is 11.9. The summed E-state index contributed by atoms with van der Waals surface area (Å²) in [5.74, 6) is 0. The first-order chi connectivity index (χ1) is 8.74. The molecule has 0 bridgehead atoms. The fourth-order valence-electron chi connectivity index (χ4n) is 1.68. The van der Waals surface area contributed by atoms with Crippen LogP contribution in [0.3, 0.4) is 0 Å². The van der Waals surface area contributed by atoms with Crippen LogP contribution in [-0.2, 0) is 0 Å². The van der Waals surface area contributed by atoms with E-state index in [2.05, 4.69) is 64.6 Å². The lowest BCUT2D eigenvalue weighted by Crippen LogP contribution is -2.11. The molecule has 0 fully saturated rings. The summed E-state index contributed by atoms with van der Waals surface area (Å²) < 4.78 is 1.10. The molecule has 1 unspecified atom stereocenters. The monoisotopic (exact) mass is 301 g/mol. The van der Waals surface area contributed by atoms with Gasteiger partial charge in [-0.1, -0.05) is 58.4 Å². The molecular formula is C16H16BrN. The molecule has 2 rings (SSSR count). The van der Waals surface area contributed by atoms with Gasteiger partial charge in [-0.25, -0.2) is 0 Å². The molecule has 1 N–H and O–H groups in total. The lowest BCUT2D eigenvalue weighted by atomic mass is 10.2. The van der Waals surface area contributed by atoms with E-state index in [-0.39, 0.29) is 0 Å². The van der Waals surface area contributed by atoms with Crippen molar-refractivity contribution in [3.63, 3.8) is 0 Å². The first-order valence-corrected chi connectivity index (χ1v) is 6.79. The number of rotatable bonds is 4. The lowest BCUT2D eigenvalue weighted by molar-refractivity contribution is 1.00. The molecule has 0 aromatic heterocycles. The first kappa shape index (κ1) is 12.9. The van der Waals surface area contributed by atoms with E-state index in [9.17, 15) is 0 Å². The molecule has 0 heterocycles. The molecule has 1 atom stereocenters. The second-order valence-corrected chi connectivity index (χ2v) is 5.13. The number of hydrogen-bond acceptors (Lipinski definition) is 1. The van der Waals surface area contributed by atoms with Crippen molar-refractivity contribution in [2.45, 2.75) is 13.0 Å². The van der Waals surface area contributed by atoms with Gasteiger partial charge in [0.1, 0.15) is 0 Å². The fraction of sp³-hybridized carbons (Fsp3) is 0.125. The predicted molar refractivity (Wildman–Crippen MR) is 82.7 cm³/mol. The SMILES string of the molecule is CC(C=Cc1ccccc1)Nc1ccc(Br)cc1. The molecule has 0 aliphatic carbocycles. The second kappa shape index (κ2) is 6.41. The Labute approximate surface area is 117 Å². The second-order valence-electron chi connectivity index (χ2n) is 4.21. The third-order valence-electron chi connectivity index (χ3n) is 2.62. The van der Waals surface area contributed by atoms with Crippen LogP contribution in [0, 0.1) is 0 Å². The van der Waals surface area contributed by atoms with E-state index in [1.807, 2.05) is 30.3 Å². The van der Waals surface area contributed by atoms with Crippen molar-refractivity contribution in [1.82, 2.24) is 0 Å². The number of benzene rings is 2. The zero-order valence-electron chi connectivity index (χ0n) is 10.3. The minimum atomic E-state index is 0.298. The van der Waals surface area contributed by atoms with Crippen molar-refractivity contribution in [2.24, 2.45) is 0 Å². The summed E-state index contributed by atoms with van der Waals surface area (Å²) in [6.07, 6.45) is 4.30. The van der Waals surface area contributed by atoms with Crippen LogP contribution >= 0.6 is 15.9 Å². The minimum absolute atomic E-state index is 0.298. The van der Waals surface area contributed by atoms with Crippen LogP contribution in [0.2, 0.25) is 0 Å². The van der Waals surface area contributed by atoms with Gasteiger partial charge in [0.15, 0.2) is 0 Å². The van der Waals surface area contributed by atoms with Crippen molar-refractivity contribution in [3.05, 3.63) is 70.7 Å². The zero-order chi connectivity index (χ0) is 12.8. The summed E-state index contributed by atoms with van der Waals surface area (Å²) >= 11 is 3.43. The van der Waals surface area contributed by atoms with E-state index in [4.69, 9.17) is 0 Å². The Morgan fingerprint density at radius 3 is 2.33 bits per heavy atom. The summed E-state index contributed by atoms with van der Waals surface area (Å²) in [6, 6.07) is 18.8. The van der Waals surface area contributed by atoms with E-state index in [0.29, 0.717) is 6.04 Å². The number of nitrogens with one attached hydrogen (secondary N) is 1. The van der Waals surface area contributed by atoms with Gasteiger partial charge in [0.2, 0.25) is 0 Å². The quantitative estimate of drug-likeness (QED) is 0.841. The normalized spacial score (nSPS) is 12.6. The van der Waals surface area contributed by atoms with Gasteiger partial charge in [0, 0.05) is 16.2 Å². The van der Waals surface area contributed by atoms with E-state index < -0.39 is 0 Å². The van der Waals surface area contributed by atoms with Gasteiger partial charge >= 0.3 is 0 Å². The molecule has 18 heavy (non-hydrogen) atoms. The highest BCUT2D eigenvalue weighted by Gasteiger charge is 1.97. The van der Waals surface area contributed by atoms with E-state index in [1.54, 1.807) is 0 Å². The Kier molecular flexibility index (Phi) is 4.59. The van der Waals surface area contributed by atoms with Crippen LogP contribution < -0.4 is 5.32 Å². The third-order valence-corrected chi connectivity index (χ3v) is 3.14. The standard InChI is InChI=1S/C16H16BrN/c1-13(7-8-14-5-3-2-4-6-14)18-16-11-9-15(17)10-12-16/h2-13,18H,1H3. The molecule has 92 valence electrons. The molecule has 2 aromatic rings. The van der Waals surface area contributed by atoms with Crippen molar-refractivity contribution in [1.29, 1.82) is 0 Å². The highest BCUT2D eigenvalue weighted by atomic mass is 79.9. The summed E-state index contributed by atoms with van der Waals surface area (Å²) in [6.45, 7) is 2.14. The molecule has 0 amide bonds. The summed E-state index contributed by atoms with van der Waals surface area (Å²) in [5, 5.41) is 3.43. The molecule has 0 aliphatic heterocycles. The van der Waals surface area contributed by atoms with Gasteiger partial charge in [0.25, 0.3) is 0 Å². The van der Waals surface area contributed by atoms with Gasteiger partial charge < -0.3 is 5.32 Å². The molecular weight excluding hydrogens is 286 g/mol. The molecule has 1 nitrogen and oxygen atoms in total. The highest BCUT2D eigenvalue weighted by Crippen LogP contribution is 2.15. The minimum Gasteiger partial charge on any atom is -0.379 e.